The SMILES string of the molecule is NCC(=O)NCc1ccccc1OC(F)F. The molecule has 0 spiro atoms. The number of para-hydroxylation sites is 1. The van der Waals surface area contributed by atoms with Crippen LogP contribution in [0.25, 0.3) is 0 Å². The van der Waals surface area contributed by atoms with E-state index in [1.165, 1.54) is 6.07 Å². The van der Waals surface area contributed by atoms with Crippen molar-refractivity contribution in [3.05, 3.63) is 29.8 Å². The minimum absolute atomic E-state index is 0.0508. The van der Waals surface area contributed by atoms with Crippen LogP contribution in [0.15, 0.2) is 24.3 Å². The summed E-state index contributed by atoms with van der Waals surface area (Å²) in [7, 11) is 0. The molecule has 4 nitrogen and oxygen atoms in total. The number of nitrogens with one attached hydrogen (secondary N) is 1. The van der Waals surface area contributed by atoms with Crippen LogP contribution >= 0.6 is 0 Å². The first kappa shape index (κ1) is 12.4. The second-order valence-electron chi connectivity index (χ2n) is 2.97. The number of amides is 1. The molecule has 0 radical (unpaired) electrons. The fourth-order valence-corrected chi connectivity index (χ4v) is 1.13. The van der Waals surface area contributed by atoms with E-state index in [-0.39, 0.29) is 24.7 Å². The molecule has 3 N–H and O–H groups in total. The lowest BCUT2D eigenvalue weighted by atomic mass is 10.2. The van der Waals surface area contributed by atoms with Crippen LogP contribution < -0.4 is 15.8 Å². The molecule has 1 aromatic rings. The number of hydrogen-bond acceptors (Lipinski definition) is 3. The van der Waals surface area contributed by atoms with Gasteiger partial charge >= 0.3 is 6.61 Å². The minimum atomic E-state index is -2.88. The van der Waals surface area contributed by atoms with Crippen molar-refractivity contribution in [1.29, 1.82) is 0 Å². The molecule has 0 heterocycles. The molecule has 0 aliphatic rings. The summed E-state index contributed by atoms with van der Waals surface area (Å²) in [5, 5.41) is 2.47. The van der Waals surface area contributed by atoms with Crippen LogP contribution in [0.3, 0.4) is 0 Å². The molecule has 0 aromatic heterocycles. The molecule has 0 fully saturated rings. The molecular formula is C10H12F2N2O2. The van der Waals surface area contributed by atoms with Crippen molar-refractivity contribution in [2.75, 3.05) is 6.54 Å². The third-order valence-electron chi connectivity index (χ3n) is 1.85. The summed E-state index contributed by atoms with van der Waals surface area (Å²) >= 11 is 0. The van der Waals surface area contributed by atoms with E-state index in [1.807, 2.05) is 0 Å². The van der Waals surface area contributed by atoms with Crippen LogP contribution in [0.4, 0.5) is 8.78 Å². The van der Waals surface area contributed by atoms with Gasteiger partial charge in [0.05, 0.1) is 6.54 Å². The zero-order valence-corrected chi connectivity index (χ0v) is 8.45. The Morgan fingerprint density at radius 2 is 2.12 bits per heavy atom. The third kappa shape index (κ3) is 3.82. The van der Waals surface area contributed by atoms with Crippen LogP contribution in [0, 0.1) is 0 Å². The second kappa shape index (κ2) is 6.02. The zero-order valence-electron chi connectivity index (χ0n) is 8.45. The highest BCUT2D eigenvalue weighted by Crippen LogP contribution is 2.19. The number of halogens is 2. The topological polar surface area (TPSA) is 64.4 Å². The number of hydrogen-bond donors (Lipinski definition) is 2. The summed E-state index contributed by atoms with van der Waals surface area (Å²) in [5.74, 6) is -0.304. The molecule has 16 heavy (non-hydrogen) atoms. The van der Waals surface area contributed by atoms with Crippen LogP contribution in [0.2, 0.25) is 0 Å². The van der Waals surface area contributed by atoms with Crippen molar-refractivity contribution in [3.63, 3.8) is 0 Å². The number of carbonyl (C=O) groups is 1. The molecule has 88 valence electrons. The van der Waals surface area contributed by atoms with Gasteiger partial charge in [0, 0.05) is 12.1 Å². The predicted octanol–water partition coefficient (Wildman–Crippen LogP) is 0.863. The molecule has 6 heteroatoms. The summed E-state index contributed by atoms with van der Waals surface area (Å²) in [6.07, 6.45) is 0. The van der Waals surface area contributed by atoms with Gasteiger partial charge in [-0.2, -0.15) is 8.78 Å². The van der Waals surface area contributed by atoms with E-state index in [4.69, 9.17) is 5.73 Å². The lowest BCUT2D eigenvalue weighted by Gasteiger charge is -2.10. The van der Waals surface area contributed by atoms with Crippen LogP contribution in [-0.2, 0) is 11.3 Å². The molecule has 1 rings (SSSR count). The number of carbonyl (C=O) groups excluding carboxylic acids is 1. The van der Waals surface area contributed by atoms with E-state index in [0.29, 0.717) is 5.56 Å². The highest BCUT2D eigenvalue weighted by Gasteiger charge is 2.09. The van der Waals surface area contributed by atoms with E-state index in [2.05, 4.69) is 10.1 Å². The van der Waals surface area contributed by atoms with Gasteiger partial charge in [-0.3, -0.25) is 4.79 Å². The van der Waals surface area contributed by atoms with Crippen molar-refractivity contribution in [2.45, 2.75) is 13.2 Å². The Bertz CT molecular complexity index is 358. The Labute approximate surface area is 91.4 Å². The number of nitrogens with two attached hydrogens (primary N) is 1. The van der Waals surface area contributed by atoms with Crippen molar-refractivity contribution in [2.24, 2.45) is 5.73 Å². The number of alkyl halides is 2. The summed E-state index contributed by atoms with van der Waals surface area (Å²) in [6.45, 7) is -2.91. The van der Waals surface area contributed by atoms with Crippen molar-refractivity contribution < 1.29 is 18.3 Å². The van der Waals surface area contributed by atoms with Gasteiger partial charge in [0.1, 0.15) is 5.75 Å². The van der Waals surface area contributed by atoms with Crippen LogP contribution in [0.5, 0.6) is 5.75 Å². The Morgan fingerprint density at radius 3 is 2.75 bits per heavy atom. The summed E-state index contributed by atoms with van der Waals surface area (Å²) in [6, 6.07) is 6.25. The van der Waals surface area contributed by atoms with Gasteiger partial charge in [0.2, 0.25) is 5.91 Å². The van der Waals surface area contributed by atoms with Crippen molar-refractivity contribution in [1.82, 2.24) is 5.32 Å². The van der Waals surface area contributed by atoms with E-state index < -0.39 is 6.61 Å². The summed E-state index contributed by atoms with van der Waals surface area (Å²) in [5.41, 5.74) is 5.57. The molecule has 0 unspecified atom stereocenters. The standard InChI is InChI=1S/C10H12F2N2O2/c11-10(12)16-8-4-2-1-3-7(8)6-14-9(15)5-13/h1-4,10H,5-6,13H2,(H,14,15). The van der Waals surface area contributed by atoms with Gasteiger partial charge in [-0.15, -0.1) is 0 Å². The average Bonchev–Trinajstić information content (AvgIpc) is 2.26. The normalized spacial score (nSPS) is 10.2. The molecule has 0 aliphatic carbocycles. The fraction of sp³-hybridized carbons (Fsp3) is 0.300. The molecule has 0 saturated carbocycles. The van der Waals surface area contributed by atoms with E-state index in [1.54, 1.807) is 18.2 Å². The van der Waals surface area contributed by atoms with Gasteiger partial charge in [0.25, 0.3) is 0 Å². The highest BCUT2D eigenvalue weighted by molar-refractivity contribution is 5.77. The fourth-order valence-electron chi connectivity index (χ4n) is 1.13. The first-order chi connectivity index (χ1) is 7.63. The van der Waals surface area contributed by atoms with Gasteiger partial charge in [-0.1, -0.05) is 18.2 Å². The molecule has 0 aliphatic heterocycles. The first-order valence-corrected chi connectivity index (χ1v) is 4.63. The number of ether oxygens (including phenoxy) is 1. The zero-order chi connectivity index (χ0) is 12.0. The summed E-state index contributed by atoms with van der Waals surface area (Å²) < 4.78 is 28.4. The second-order valence-corrected chi connectivity index (χ2v) is 2.97. The predicted molar refractivity (Wildman–Crippen MR) is 54.0 cm³/mol. The van der Waals surface area contributed by atoms with Gasteiger partial charge in [-0.05, 0) is 6.07 Å². The van der Waals surface area contributed by atoms with Crippen LogP contribution in [0.1, 0.15) is 5.56 Å². The van der Waals surface area contributed by atoms with Crippen molar-refractivity contribution in [3.8, 4) is 5.75 Å². The molecule has 1 aromatic carbocycles. The summed E-state index contributed by atoms with van der Waals surface area (Å²) in [4.78, 5) is 10.9. The van der Waals surface area contributed by atoms with E-state index in [0.717, 1.165) is 0 Å². The Balaban J connectivity index is 2.67. The highest BCUT2D eigenvalue weighted by atomic mass is 19.3. The van der Waals surface area contributed by atoms with Crippen molar-refractivity contribution >= 4 is 5.91 Å². The lowest BCUT2D eigenvalue weighted by molar-refractivity contribution is -0.119. The molecule has 0 atom stereocenters. The molecule has 0 bridgehead atoms. The monoisotopic (exact) mass is 230 g/mol. The van der Waals surface area contributed by atoms with E-state index >= 15 is 0 Å². The van der Waals surface area contributed by atoms with Gasteiger partial charge < -0.3 is 15.8 Å². The number of rotatable bonds is 5. The third-order valence-corrected chi connectivity index (χ3v) is 1.85. The maximum atomic E-state index is 12.0. The Morgan fingerprint density at radius 1 is 1.44 bits per heavy atom. The molecule has 0 saturated heterocycles. The lowest BCUT2D eigenvalue weighted by Crippen LogP contribution is -2.29. The van der Waals surface area contributed by atoms with Crippen LogP contribution in [-0.4, -0.2) is 19.1 Å². The first-order valence-electron chi connectivity index (χ1n) is 4.63. The molecule has 1 amide bonds. The van der Waals surface area contributed by atoms with E-state index in [9.17, 15) is 13.6 Å². The number of benzene rings is 1. The maximum Gasteiger partial charge on any atom is 0.387 e. The quantitative estimate of drug-likeness (QED) is 0.788. The largest absolute Gasteiger partial charge is 0.434 e. The smallest absolute Gasteiger partial charge is 0.387 e. The Hall–Kier alpha value is -1.69. The maximum absolute atomic E-state index is 12.0. The average molecular weight is 230 g/mol. The van der Waals surface area contributed by atoms with Gasteiger partial charge in [-0.25, -0.2) is 0 Å². The van der Waals surface area contributed by atoms with Gasteiger partial charge in [0.15, 0.2) is 0 Å². The minimum Gasteiger partial charge on any atom is -0.434 e. The Kier molecular flexibility index (Phi) is 4.65. The molecular weight excluding hydrogens is 218 g/mol.